The molecule has 0 atom stereocenters. The highest BCUT2D eigenvalue weighted by molar-refractivity contribution is 6.23. The van der Waals surface area contributed by atoms with E-state index in [9.17, 15) is 14.7 Å². The second-order valence-corrected chi connectivity index (χ2v) is 4.96. The maximum atomic E-state index is 12.5. The van der Waals surface area contributed by atoms with Crippen molar-refractivity contribution in [3.8, 4) is 0 Å². The number of Topliss-reactive ketones (excluding diaryl/α,β-unsaturated/α-hetero) is 1. The van der Waals surface area contributed by atoms with Crippen molar-refractivity contribution in [1.82, 2.24) is 0 Å². The van der Waals surface area contributed by atoms with Gasteiger partial charge in [0.15, 0.2) is 11.4 Å². The van der Waals surface area contributed by atoms with Crippen molar-refractivity contribution in [3.63, 3.8) is 0 Å². The molecule has 0 spiro atoms. The second-order valence-electron chi connectivity index (χ2n) is 4.96. The van der Waals surface area contributed by atoms with Crippen LogP contribution in [-0.4, -0.2) is 48.1 Å². The first-order valence-corrected chi connectivity index (χ1v) is 6.54. The summed E-state index contributed by atoms with van der Waals surface area (Å²) in [6, 6.07) is 0. The molecule has 2 heterocycles. The van der Waals surface area contributed by atoms with Crippen LogP contribution < -0.4 is 10.2 Å². The van der Waals surface area contributed by atoms with Crippen molar-refractivity contribution in [2.24, 2.45) is 0 Å². The molecule has 5 N–H and O–H groups in total. The molecule has 104 valence electrons. The van der Waals surface area contributed by atoms with Crippen LogP contribution in [0.3, 0.4) is 0 Å². The Bertz CT molecular complexity index is 621. The molecule has 0 bridgehead atoms. The number of rotatable bonds is 4. The van der Waals surface area contributed by atoms with Gasteiger partial charge in [-0.25, -0.2) is 0 Å². The van der Waals surface area contributed by atoms with E-state index in [1.54, 1.807) is 11.4 Å². The number of quaternary nitrogens is 2. The molecule has 0 unspecified atom stereocenters. The van der Waals surface area contributed by atoms with Gasteiger partial charge in [0.25, 0.3) is 5.78 Å². The Kier molecular flexibility index (Phi) is 3.23. The molecule has 0 aromatic rings. The monoisotopic (exact) mass is 276 g/mol. The summed E-state index contributed by atoms with van der Waals surface area (Å²) in [6.07, 6.45) is 4.54. The van der Waals surface area contributed by atoms with Crippen LogP contribution in [-0.2, 0) is 9.59 Å². The number of aliphatic hydroxyl groups excluding tert-OH is 2. The van der Waals surface area contributed by atoms with Crippen molar-refractivity contribution >= 4 is 11.6 Å². The van der Waals surface area contributed by atoms with E-state index in [4.69, 9.17) is 5.11 Å². The van der Waals surface area contributed by atoms with Crippen LogP contribution in [0.4, 0.5) is 0 Å². The highest BCUT2D eigenvalue weighted by Gasteiger charge is 2.46. The summed E-state index contributed by atoms with van der Waals surface area (Å²) < 4.78 is 0. The molecule has 1 fully saturated rings. The Balaban J connectivity index is 2.00. The molecule has 0 amide bonds. The third kappa shape index (κ3) is 1.99. The second kappa shape index (κ2) is 4.92. The number of nitrogens with two attached hydrogens (primary N) is 1. The minimum absolute atomic E-state index is 0.135. The SMILES string of the molecule is O=C1C=C([NH+]2CC2)C(=O)C2=C1[NH2+]C(C=CCO)=C2CO. The lowest BCUT2D eigenvalue weighted by molar-refractivity contribution is -0.706. The van der Waals surface area contributed by atoms with Gasteiger partial charge in [-0.1, -0.05) is 6.08 Å². The number of hydrogen-bond donors (Lipinski definition) is 4. The van der Waals surface area contributed by atoms with E-state index < -0.39 is 0 Å². The summed E-state index contributed by atoms with van der Waals surface area (Å²) in [5.41, 5.74) is 2.26. The third-order valence-corrected chi connectivity index (χ3v) is 3.67. The number of aliphatic hydroxyl groups is 2. The zero-order valence-electron chi connectivity index (χ0n) is 10.8. The highest BCUT2D eigenvalue weighted by atomic mass is 16.3. The van der Waals surface area contributed by atoms with Gasteiger partial charge in [0.2, 0.25) is 5.78 Å². The standard InChI is InChI=1S/C14H14N2O4/c17-5-1-2-9-8(7-18)12-13(15-9)11(19)6-10(14(12)20)16-3-4-16/h1-2,6,15,17-18H,3-5,7H2/p+2. The maximum absolute atomic E-state index is 12.5. The van der Waals surface area contributed by atoms with E-state index in [2.05, 4.69) is 0 Å². The summed E-state index contributed by atoms with van der Waals surface area (Å²) in [5.74, 6) is -0.354. The average Bonchev–Trinajstić information content (AvgIpc) is 3.20. The molecule has 6 nitrogen and oxygen atoms in total. The topological polar surface area (TPSA) is 95.7 Å². The van der Waals surface area contributed by atoms with E-state index in [0.29, 0.717) is 28.2 Å². The Labute approximate surface area is 115 Å². The molecule has 0 saturated carbocycles. The molecular weight excluding hydrogens is 260 g/mol. The van der Waals surface area contributed by atoms with Crippen LogP contribution in [0.2, 0.25) is 0 Å². The molecular formula is C14H16N2O4+2. The normalized spacial score (nSPS) is 23.0. The zero-order chi connectivity index (χ0) is 14.3. The first-order valence-electron chi connectivity index (χ1n) is 6.54. The van der Waals surface area contributed by atoms with Crippen molar-refractivity contribution in [1.29, 1.82) is 0 Å². The lowest BCUT2D eigenvalue weighted by Crippen LogP contribution is -2.91. The summed E-state index contributed by atoms with van der Waals surface area (Å²) in [7, 11) is 0. The molecule has 0 aromatic carbocycles. The van der Waals surface area contributed by atoms with Crippen LogP contribution in [0.5, 0.6) is 0 Å². The smallest absolute Gasteiger partial charge is 0.253 e. The van der Waals surface area contributed by atoms with E-state index in [1.165, 1.54) is 12.2 Å². The van der Waals surface area contributed by atoms with Crippen LogP contribution in [0.1, 0.15) is 0 Å². The Hall–Kier alpha value is -1.86. The van der Waals surface area contributed by atoms with Crippen molar-refractivity contribution in [2.75, 3.05) is 26.3 Å². The first kappa shape index (κ1) is 13.1. The molecule has 3 aliphatic rings. The van der Waals surface area contributed by atoms with Gasteiger partial charge in [0.05, 0.1) is 24.9 Å². The largest absolute Gasteiger partial charge is 0.392 e. The fraction of sp³-hybridized carbons (Fsp3) is 0.286. The van der Waals surface area contributed by atoms with Crippen molar-refractivity contribution in [3.05, 3.63) is 46.5 Å². The molecule has 0 aromatic heterocycles. The number of hydrogen-bond acceptors (Lipinski definition) is 4. The van der Waals surface area contributed by atoms with Gasteiger partial charge in [-0.3, -0.25) is 19.8 Å². The van der Waals surface area contributed by atoms with Gasteiger partial charge >= 0.3 is 0 Å². The molecule has 1 aliphatic carbocycles. The fourth-order valence-corrected chi connectivity index (χ4v) is 2.58. The quantitative estimate of drug-likeness (QED) is 0.317. The lowest BCUT2D eigenvalue weighted by atomic mass is 9.93. The lowest BCUT2D eigenvalue weighted by Gasteiger charge is -2.09. The van der Waals surface area contributed by atoms with Crippen LogP contribution in [0.15, 0.2) is 46.5 Å². The number of nitrogens with one attached hydrogen (secondary N) is 1. The van der Waals surface area contributed by atoms with Crippen LogP contribution >= 0.6 is 0 Å². The molecule has 2 aliphatic heterocycles. The first-order chi connectivity index (χ1) is 9.67. The van der Waals surface area contributed by atoms with E-state index in [1.807, 2.05) is 0 Å². The number of carbonyl (C=O) groups is 2. The van der Waals surface area contributed by atoms with Gasteiger partial charge in [0.1, 0.15) is 24.4 Å². The predicted molar refractivity (Wildman–Crippen MR) is 68.1 cm³/mol. The van der Waals surface area contributed by atoms with E-state index in [0.717, 1.165) is 18.0 Å². The Morgan fingerprint density at radius 1 is 1.30 bits per heavy atom. The van der Waals surface area contributed by atoms with Gasteiger partial charge in [0, 0.05) is 0 Å². The van der Waals surface area contributed by atoms with Gasteiger partial charge in [-0.2, -0.15) is 0 Å². The molecule has 0 radical (unpaired) electrons. The Morgan fingerprint density at radius 3 is 2.65 bits per heavy atom. The molecule has 3 rings (SSSR count). The fourth-order valence-electron chi connectivity index (χ4n) is 2.58. The summed E-state index contributed by atoms with van der Waals surface area (Å²) in [6.45, 7) is 1.30. The minimum atomic E-state index is -0.304. The average molecular weight is 276 g/mol. The number of ketones is 2. The van der Waals surface area contributed by atoms with Crippen molar-refractivity contribution in [2.45, 2.75) is 0 Å². The van der Waals surface area contributed by atoms with E-state index >= 15 is 0 Å². The summed E-state index contributed by atoms with van der Waals surface area (Å²) in [5, 5.41) is 20.0. The van der Waals surface area contributed by atoms with Gasteiger partial charge in [-0.15, -0.1) is 0 Å². The maximum Gasteiger partial charge on any atom is 0.253 e. The van der Waals surface area contributed by atoms with Gasteiger partial charge < -0.3 is 10.2 Å². The summed E-state index contributed by atoms with van der Waals surface area (Å²) in [4.78, 5) is 25.6. The molecule has 1 saturated heterocycles. The zero-order valence-corrected chi connectivity index (χ0v) is 10.8. The van der Waals surface area contributed by atoms with Crippen molar-refractivity contribution < 1.29 is 30.0 Å². The minimum Gasteiger partial charge on any atom is -0.392 e. The number of allylic oxidation sites excluding steroid dienone is 3. The molecule has 20 heavy (non-hydrogen) atoms. The molecule has 6 heteroatoms. The Morgan fingerprint density at radius 2 is 2.05 bits per heavy atom. The highest BCUT2D eigenvalue weighted by Crippen LogP contribution is 2.26. The summed E-state index contributed by atoms with van der Waals surface area (Å²) >= 11 is 0. The van der Waals surface area contributed by atoms with Crippen LogP contribution in [0.25, 0.3) is 0 Å². The number of carbonyl (C=O) groups excluding carboxylic acids is 2. The van der Waals surface area contributed by atoms with Gasteiger partial charge in [-0.05, 0) is 6.08 Å². The predicted octanol–water partition coefficient (Wildman–Crippen LogP) is -3.45. The third-order valence-electron chi connectivity index (χ3n) is 3.67. The van der Waals surface area contributed by atoms with Crippen LogP contribution in [0, 0.1) is 0 Å². The van der Waals surface area contributed by atoms with E-state index in [-0.39, 0.29) is 24.8 Å².